The molecule has 3 aromatic rings. The summed E-state index contributed by atoms with van der Waals surface area (Å²) in [7, 11) is 0. The van der Waals surface area contributed by atoms with E-state index in [0.29, 0.717) is 16.9 Å². The van der Waals surface area contributed by atoms with Crippen LogP contribution in [0.4, 0.5) is 22.7 Å². The Hall–Kier alpha value is -3.81. The Kier molecular flexibility index (Phi) is 6.11. The minimum atomic E-state index is -0.705. The van der Waals surface area contributed by atoms with E-state index in [1.807, 2.05) is 30.3 Å². The van der Waals surface area contributed by atoms with Gasteiger partial charge in [-0.15, -0.1) is 0 Å². The minimum absolute atomic E-state index is 0.262. The second kappa shape index (κ2) is 9.13. The first kappa shape index (κ1) is 21.4. The Morgan fingerprint density at radius 3 is 1.81 bits per heavy atom. The monoisotopic (exact) mass is 464 g/mol. The number of amides is 3. The second-order valence-corrected chi connectivity index (χ2v) is 7.41. The van der Waals surface area contributed by atoms with Gasteiger partial charge in [-0.1, -0.05) is 41.4 Å². The van der Waals surface area contributed by atoms with Gasteiger partial charge in [-0.2, -0.15) is 10.2 Å². The van der Waals surface area contributed by atoms with Crippen LogP contribution in [0.3, 0.4) is 0 Å². The average Bonchev–Trinajstić information content (AvgIpc) is 3.02. The number of imide groups is 1. The molecule has 0 fully saturated rings. The summed E-state index contributed by atoms with van der Waals surface area (Å²) in [6, 6.07) is 22.2. The predicted molar refractivity (Wildman–Crippen MR) is 123 cm³/mol. The van der Waals surface area contributed by atoms with Crippen molar-refractivity contribution in [1.29, 1.82) is 0 Å². The van der Waals surface area contributed by atoms with E-state index in [4.69, 9.17) is 23.2 Å². The average molecular weight is 465 g/mol. The lowest BCUT2D eigenvalue weighted by Gasteiger charge is -2.14. The summed E-state index contributed by atoms with van der Waals surface area (Å²) in [5.74, 6) is -1.77. The number of hydrogen-bond acceptors (Lipinski definition) is 5. The molecule has 1 aliphatic rings. The molecule has 0 atom stereocenters. The molecule has 1 heterocycles. The summed E-state index contributed by atoms with van der Waals surface area (Å²) in [5, 5.41) is 10.4. The molecule has 1 N–H and O–H groups in total. The van der Waals surface area contributed by atoms with E-state index >= 15 is 0 Å². The Bertz CT molecular complexity index is 1230. The Labute approximate surface area is 193 Å². The summed E-state index contributed by atoms with van der Waals surface area (Å²) >= 11 is 11.5. The Morgan fingerprint density at radius 1 is 0.719 bits per heavy atom. The zero-order valence-corrected chi connectivity index (χ0v) is 17.8. The van der Waals surface area contributed by atoms with E-state index in [-0.39, 0.29) is 21.7 Å². The molecular formula is C23H14Cl2N4O3. The van der Waals surface area contributed by atoms with E-state index < -0.39 is 11.8 Å². The van der Waals surface area contributed by atoms with Crippen LogP contribution >= 0.6 is 23.2 Å². The highest BCUT2D eigenvalue weighted by Crippen LogP contribution is 2.31. The van der Waals surface area contributed by atoms with Crippen LogP contribution in [0.1, 0.15) is 10.4 Å². The van der Waals surface area contributed by atoms with Crippen molar-refractivity contribution in [2.24, 2.45) is 10.2 Å². The van der Waals surface area contributed by atoms with Crippen molar-refractivity contribution >= 4 is 63.7 Å². The molecule has 1 aliphatic heterocycles. The van der Waals surface area contributed by atoms with Crippen molar-refractivity contribution < 1.29 is 14.4 Å². The summed E-state index contributed by atoms with van der Waals surface area (Å²) in [5.41, 5.74) is 2.56. The first-order chi connectivity index (χ1) is 15.4. The van der Waals surface area contributed by atoms with E-state index in [0.717, 1.165) is 10.6 Å². The quantitative estimate of drug-likeness (QED) is 0.375. The maximum Gasteiger partial charge on any atom is 0.278 e. The summed E-state index contributed by atoms with van der Waals surface area (Å²) in [6.45, 7) is 0. The number of nitrogens with zero attached hydrogens (tertiary/aromatic N) is 3. The maximum atomic E-state index is 12.5. The summed E-state index contributed by atoms with van der Waals surface area (Å²) < 4.78 is 0. The van der Waals surface area contributed by atoms with Crippen LogP contribution in [0.5, 0.6) is 0 Å². The first-order valence-electron chi connectivity index (χ1n) is 9.36. The fourth-order valence-corrected chi connectivity index (χ4v) is 3.23. The zero-order chi connectivity index (χ0) is 22.7. The number of benzene rings is 3. The van der Waals surface area contributed by atoms with Crippen LogP contribution in [0.25, 0.3) is 0 Å². The molecule has 158 valence electrons. The Morgan fingerprint density at radius 2 is 1.25 bits per heavy atom. The molecule has 0 radical (unpaired) electrons. The van der Waals surface area contributed by atoms with Gasteiger partial charge in [0.05, 0.1) is 17.1 Å². The van der Waals surface area contributed by atoms with Crippen LogP contribution in [0.15, 0.2) is 99.2 Å². The molecule has 0 saturated carbocycles. The fourth-order valence-electron chi connectivity index (χ4n) is 2.90. The summed E-state index contributed by atoms with van der Waals surface area (Å²) in [6.07, 6.45) is 0. The van der Waals surface area contributed by atoms with Crippen LogP contribution in [0, 0.1) is 0 Å². The van der Waals surface area contributed by atoms with Crippen molar-refractivity contribution in [3.63, 3.8) is 0 Å². The van der Waals surface area contributed by atoms with Gasteiger partial charge in [-0.05, 0) is 60.7 Å². The molecule has 0 unspecified atom stereocenters. The van der Waals surface area contributed by atoms with Gasteiger partial charge in [-0.3, -0.25) is 14.4 Å². The van der Waals surface area contributed by atoms with Crippen molar-refractivity contribution in [2.75, 3.05) is 10.2 Å². The van der Waals surface area contributed by atoms with Crippen molar-refractivity contribution in [2.45, 2.75) is 0 Å². The van der Waals surface area contributed by atoms with Gasteiger partial charge < -0.3 is 5.32 Å². The smallest absolute Gasteiger partial charge is 0.278 e. The number of nitrogens with one attached hydrogen (secondary N) is 1. The van der Waals surface area contributed by atoms with Gasteiger partial charge in [0, 0.05) is 11.3 Å². The third-order valence-corrected chi connectivity index (χ3v) is 5.32. The molecule has 3 aromatic carbocycles. The highest BCUT2D eigenvalue weighted by atomic mass is 35.5. The van der Waals surface area contributed by atoms with Crippen molar-refractivity contribution in [3.8, 4) is 0 Å². The number of azo groups is 1. The first-order valence-corrected chi connectivity index (χ1v) is 10.1. The highest BCUT2D eigenvalue weighted by molar-refractivity contribution is 6.62. The van der Waals surface area contributed by atoms with Crippen molar-refractivity contribution in [1.82, 2.24) is 0 Å². The van der Waals surface area contributed by atoms with Gasteiger partial charge in [0.1, 0.15) is 10.1 Å². The largest absolute Gasteiger partial charge is 0.322 e. The van der Waals surface area contributed by atoms with Crippen LogP contribution in [-0.2, 0) is 9.59 Å². The second-order valence-electron chi connectivity index (χ2n) is 6.66. The lowest BCUT2D eigenvalue weighted by atomic mass is 10.1. The normalized spacial score (nSPS) is 13.9. The van der Waals surface area contributed by atoms with Gasteiger partial charge in [0.15, 0.2) is 0 Å². The van der Waals surface area contributed by atoms with Gasteiger partial charge in [0.25, 0.3) is 17.7 Å². The predicted octanol–water partition coefficient (Wildman–Crippen LogP) is 5.92. The number of carbonyl (C=O) groups is 3. The number of anilines is 2. The number of carbonyl (C=O) groups excluding carboxylic acids is 3. The maximum absolute atomic E-state index is 12.5. The SMILES string of the molecule is O=C(Nc1ccc(N=Nc2ccccc2)cc1)c1ccc(N2C(=O)C(Cl)=C(Cl)C2=O)cc1. The number of halogens is 2. The molecule has 32 heavy (non-hydrogen) atoms. The van der Waals surface area contributed by atoms with Gasteiger partial charge in [-0.25, -0.2) is 4.90 Å². The molecule has 9 heteroatoms. The highest BCUT2D eigenvalue weighted by Gasteiger charge is 2.37. The third-order valence-electron chi connectivity index (χ3n) is 4.52. The molecular weight excluding hydrogens is 451 g/mol. The lowest BCUT2D eigenvalue weighted by Crippen LogP contribution is -2.30. The van der Waals surface area contributed by atoms with Crippen LogP contribution in [-0.4, -0.2) is 17.7 Å². The van der Waals surface area contributed by atoms with E-state index in [1.54, 1.807) is 24.3 Å². The van der Waals surface area contributed by atoms with Gasteiger partial charge >= 0.3 is 0 Å². The molecule has 4 rings (SSSR count). The molecule has 0 aromatic heterocycles. The van der Waals surface area contributed by atoms with Crippen LogP contribution in [0.2, 0.25) is 0 Å². The molecule has 0 spiro atoms. The topological polar surface area (TPSA) is 91.2 Å². The molecule has 0 saturated heterocycles. The fraction of sp³-hybridized carbons (Fsp3) is 0. The Balaban J connectivity index is 1.40. The van der Waals surface area contributed by atoms with E-state index in [1.165, 1.54) is 24.3 Å². The molecule has 3 amide bonds. The standard InChI is InChI=1S/C23H14Cl2N4O3/c24-19-20(25)23(32)29(22(19)31)18-12-6-14(7-13-18)21(30)26-15-8-10-17(11-9-15)28-27-16-4-2-1-3-5-16/h1-13H,(H,26,30). The van der Waals surface area contributed by atoms with Gasteiger partial charge in [0.2, 0.25) is 0 Å². The molecule has 0 aliphatic carbocycles. The van der Waals surface area contributed by atoms with Crippen LogP contribution < -0.4 is 10.2 Å². The van der Waals surface area contributed by atoms with E-state index in [2.05, 4.69) is 15.5 Å². The lowest BCUT2D eigenvalue weighted by molar-refractivity contribution is -0.120. The molecule has 7 nitrogen and oxygen atoms in total. The number of rotatable bonds is 5. The number of hydrogen-bond donors (Lipinski definition) is 1. The third kappa shape index (κ3) is 4.44. The van der Waals surface area contributed by atoms with Crippen molar-refractivity contribution in [3.05, 3.63) is 94.5 Å². The minimum Gasteiger partial charge on any atom is -0.322 e. The molecule has 0 bridgehead atoms. The summed E-state index contributed by atoms with van der Waals surface area (Å²) in [4.78, 5) is 37.5. The van der Waals surface area contributed by atoms with E-state index in [9.17, 15) is 14.4 Å². The zero-order valence-electron chi connectivity index (χ0n) is 16.3.